The molecule has 0 aliphatic rings. The van der Waals surface area contributed by atoms with Crippen LogP contribution in [-0.4, -0.2) is 27.3 Å². The molecule has 0 aliphatic carbocycles. The molecular weight excluding hydrogens is 367 g/mol. The Balaban J connectivity index is 1.87. The van der Waals surface area contributed by atoms with Crippen LogP contribution in [0.5, 0.6) is 5.75 Å². The number of benzene rings is 2. The number of methoxy groups -OCH3 is 1. The predicted octanol–water partition coefficient (Wildman–Crippen LogP) is 4.58. The van der Waals surface area contributed by atoms with Crippen LogP contribution < -0.4 is 4.74 Å². The van der Waals surface area contributed by atoms with Crippen LogP contribution in [0.3, 0.4) is 0 Å². The Morgan fingerprint density at radius 2 is 2.00 bits per heavy atom. The largest absolute Gasteiger partial charge is 0.494 e. The molecule has 3 rings (SSSR count). The molecule has 0 saturated carbocycles. The number of rotatable bonds is 5. The van der Waals surface area contributed by atoms with Crippen LogP contribution in [0.25, 0.3) is 5.69 Å². The zero-order valence-electron chi connectivity index (χ0n) is 13.0. The van der Waals surface area contributed by atoms with Crippen molar-refractivity contribution in [3.63, 3.8) is 0 Å². The van der Waals surface area contributed by atoms with Crippen LogP contribution in [-0.2, 0) is 5.75 Å². The van der Waals surface area contributed by atoms with Gasteiger partial charge in [0.1, 0.15) is 11.4 Å². The second kappa shape index (κ2) is 7.42. The Hall–Kier alpha value is -1.76. The van der Waals surface area contributed by atoms with E-state index >= 15 is 0 Å². The van der Waals surface area contributed by atoms with E-state index in [1.54, 1.807) is 17.9 Å². The summed E-state index contributed by atoms with van der Waals surface area (Å²) >= 11 is 13.6. The van der Waals surface area contributed by atoms with Crippen molar-refractivity contribution in [2.24, 2.45) is 0 Å². The molecule has 0 bridgehead atoms. The summed E-state index contributed by atoms with van der Waals surface area (Å²) in [4.78, 5) is 0. The number of thioether (sulfide) groups is 1. The van der Waals surface area contributed by atoms with Crippen molar-refractivity contribution >= 4 is 35.0 Å². The number of hydrogen-bond acceptors (Lipinski definition) is 5. The normalized spacial score (nSPS) is 10.8. The maximum Gasteiger partial charge on any atom is 0.214 e. The Bertz CT molecular complexity index is 869. The number of nitrogens with zero attached hydrogens (tertiary/aromatic N) is 4. The van der Waals surface area contributed by atoms with E-state index in [2.05, 4.69) is 15.5 Å². The van der Waals surface area contributed by atoms with Gasteiger partial charge in [-0.2, -0.15) is 4.68 Å². The number of hydrogen-bond donors (Lipinski definition) is 0. The molecule has 1 aromatic heterocycles. The summed E-state index contributed by atoms with van der Waals surface area (Å²) in [5.74, 6) is 1.34. The highest BCUT2D eigenvalue weighted by molar-refractivity contribution is 7.98. The average Bonchev–Trinajstić information content (AvgIpc) is 3.02. The zero-order valence-corrected chi connectivity index (χ0v) is 15.4. The quantitative estimate of drug-likeness (QED) is 0.606. The molecule has 1 heterocycles. The lowest BCUT2D eigenvalue weighted by atomic mass is 10.2. The molecule has 0 atom stereocenters. The smallest absolute Gasteiger partial charge is 0.214 e. The maximum atomic E-state index is 6.22. The van der Waals surface area contributed by atoms with E-state index in [1.807, 2.05) is 37.3 Å². The molecule has 0 amide bonds. The minimum Gasteiger partial charge on any atom is -0.494 e. The highest BCUT2D eigenvalue weighted by Crippen LogP contribution is 2.30. The molecule has 0 aliphatic heterocycles. The first kappa shape index (κ1) is 17.1. The van der Waals surface area contributed by atoms with Gasteiger partial charge in [0, 0.05) is 15.8 Å². The second-order valence-corrected chi connectivity index (χ2v) is 6.86. The van der Waals surface area contributed by atoms with Crippen LogP contribution in [0.1, 0.15) is 11.1 Å². The minimum absolute atomic E-state index is 0.614. The van der Waals surface area contributed by atoms with E-state index in [0.717, 1.165) is 16.8 Å². The molecule has 8 heteroatoms. The van der Waals surface area contributed by atoms with Gasteiger partial charge >= 0.3 is 0 Å². The Kier molecular flexibility index (Phi) is 5.28. The average molecular weight is 381 g/mol. The maximum absolute atomic E-state index is 6.22. The first-order chi connectivity index (χ1) is 11.6. The van der Waals surface area contributed by atoms with Gasteiger partial charge in [-0.25, -0.2) is 0 Å². The molecule has 0 saturated heterocycles. The van der Waals surface area contributed by atoms with Crippen molar-refractivity contribution in [3.05, 3.63) is 57.6 Å². The molecule has 124 valence electrons. The number of aryl methyl sites for hydroxylation is 1. The Labute approximate surface area is 153 Å². The first-order valence-electron chi connectivity index (χ1n) is 7.08. The molecular formula is C16H14Cl2N4OS. The molecule has 0 radical (unpaired) electrons. The summed E-state index contributed by atoms with van der Waals surface area (Å²) in [6.07, 6.45) is 0. The third-order valence-corrected chi connectivity index (χ3v) is 4.93. The van der Waals surface area contributed by atoms with E-state index < -0.39 is 0 Å². The molecule has 5 nitrogen and oxygen atoms in total. The summed E-state index contributed by atoms with van der Waals surface area (Å²) in [5.41, 5.74) is 2.86. The van der Waals surface area contributed by atoms with Gasteiger partial charge in [0.25, 0.3) is 0 Å². The van der Waals surface area contributed by atoms with Gasteiger partial charge in [-0.15, -0.1) is 5.10 Å². The summed E-state index contributed by atoms with van der Waals surface area (Å²) in [6.45, 7) is 2.01. The molecule has 0 unspecified atom stereocenters. The van der Waals surface area contributed by atoms with Gasteiger partial charge in [0.05, 0.1) is 7.11 Å². The van der Waals surface area contributed by atoms with Crippen LogP contribution in [0, 0.1) is 6.92 Å². The third-order valence-electron chi connectivity index (χ3n) is 3.38. The predicted molar refractivity (Wildman–Crippen MR) is 96.5 cm³/mol. The first-order valence-corrected chi connectivity index (χ1v) is 8.83. The van der Waals surface area contributed by atoms with Crippen LogP contribution in [0.4, 0.5) is 0 Å². The summed E-state index contributed by atoms with van der Waals surface area (Å²) in [7, 11) is 1.62. The molecule has 0 fully saturated rings. The fourth-order valence-electron chi connectivity index (χ4n) is 2.17. The van der Waals surface area contributed by atoms with Crippen molar-refractivity contribution in [1.82, 2.24) is 20.2 Å². The van der Waals surface area contributed by atoms with Crippen molar-refractivity contribution < 1.29 is 4.74 Å². The van der Waals surface area contributed by atoms with Gasteiger partial charge in [0.2, 0.25) is 5.16 Å². The minimum atomic E-state index is 0.614. The number of tetrazole rings is 1. The van der Waals surface area contributed by atoms with Crippen molar-refractivity contribution in [2.75, 3.05) is 7.11 Å². The van der Waals surface area contributed by atoms with E-state index in [-0.39, 0.29) is 0 Å². The number of halogens is 2. The molecule has 0 N–H and O–H groups in total. The summed E-state index contributed by atoms with van der Waals surface area (Å²) < 4.78 is 7.08. The summed E-state index contributed by atoms with van der Waals surface area (Å²) in [5, 5.41) is 13.9. The zero-order chi connectivity index (χ0) is 17.1. The topological polar surface area (TPSA) is 52.8 Å². The number of aromatic nitrogens is 4. The van der Waals surface area contributed by atoms with Crippen molar-refractivity contribution in [1.29, 1.82) is 0 Å². The van der Waals surface area contributed by atoms with E-state index in [9.17, 15) is 0 Å². The molecule has 2 aromatic carbocycles. The van der Waals surface area contributed by atoms with Gasteiger partial charge in [-0.05, 0) is 52.7 Å². The van der Waals surface area contributed by atoms with Crippen LogP contribution >= 0.6 is 35.0 Å². The fraction of sp³-hybridized carbons (Fsp3) is 0.188. The van der Waals surface area contributed by atoms with Gasteiger partial charge in [0.15, 0.2) is 0 Å². The molecule has 3 aromatic rings. The third kappa shape index (κ3) is 3.66. The standard InChI is InChI=1S/C16H14Cl2N4OS/c1-10-3-6-15(23-2)14(7-10)22-16(19-20-21-22)24-9-11-4-5-12(17)8-13(11)18/h3-8H,9H2,1-2H3. The Morgan fingerprint density at radius 3 is 2.75 bits per heavy atom. The van der Waals surface area contributed by atoms with E-state index in [4.69, 9.17) is 27.9 Å². The van der Waals surface area contributed by atoms with Gasteiger partial charge in [-0.3, -0.25) is 0 Å². The summed E-state index contributed by atoms with van der Waals surface area (Å²) in [6, 6.07) is 11.3. The van der Waals surface area contributed by atoms with E-state index in [1.165, 1.54) is 11.8 Å². The SMILES string of the molecule is COc1ccc(C)cc1-n1nnnc1SCc1ccc(Cl)cc1Cl. The van der Waals surface area contributed by atoms with Crippen LogP contribution in [0.2, 0.25) is 10.0 Å². The van der Waals surface area contributed by atoms with Gasteiger partial charge in [-0.1, -0.05) is 47.1 Å². The van der Waals surface area contributed by atoms with Crippen LogP contribution in [0.15, 0.2) is 41.6 Å². The second-order valence-electron chi connectivity index (χ2n) is 5.07. The van der Waals surface area contributed by atoms with Crippen molar-refractivity contribution in [2.45, 2.75) is 17.8 Å². The van der Waals surface area contributed by atoms with Gasteiger partial charge < -0.3 is 4.74 Å². The molecule has 0 spiro atoms. The number of ether oxygens (including phenoxy) is 1. The highest BCUT2D eigenvalue weighted by Gasteiger charge is 2.14. The lowest BCUT2D eigenvalue weighted by molar-refractivity contribution is 0.410. The highest BCUT2D eigenvalue weighted by atomic mass is 35.5. The van der Waals surface area contributed by atoms with Crippen molar-refractivity contribution in [3.8, 4) is 11.4 Å². The lowest BCUT2D eigenvalue weighted by Crippen LogP contribution is -2.02. The monoisotopic (exact) mass is 380 g/mol. The Morgan fingerprint density at radius 1 is 1.17 bits per heavy atom. The lowest BCUT2D eigenvalue weighted by Gasteiger charge is -2.10. The fourth-order valence-corrected chi connectivity index (χ4v) is 3.61. The molecule has 24 heavy (non-hydrogen) atoms. The van der Waals surface area contributed by atoms with E-state index in [0.29, 0.717) is 26.7 Å².